The summed E-state index contributed by atoms with van der Waals surface area (Å²) in [4.78, 5) is 9.08. The van der Waals surface area contributed by atoms with E-state index in [1.54, 1.807) is 0 Å². The van der Waals surface area contributed by atoms with Crippen LogP contribution in [0.2, 0.25) is 0 Å². The topological polar surface area (TPSA) is 25.8 Å². The number of aryl methyl sites for hydroxylation is 1. The third kappa shape index (κ3) is 3.74. The van der Waals surface area contributed by atoms with E-state index in [0.29, 0.717) is 5.92 Å². The molecule has 0 radical (unpaired) electrons. The highest BCUT2D eigenvalue weighted by Gasteiger charge is 2.21. The largest absolute Gasteiger partial charge is 0.240 e. The minimum atomic E-state index is 0.537. The van der Waals surface area contributed by atoms with E-state index in [1.165, 1.54) is 31.2 Å². The van der Waals surface area contributed by atoms with Crippen molar-refractivity contribution < 1.29 is 0 Å². The minimum Gasteiger partial charge on any atom is -0.240 e. The molecule has 2 nitrogen and oxygen atoms in total. The monoisotopic (exact) mass is 290 g/mol. The Labute approximate surface area is 133 Å². The maximum atomic E-state index is 4.54. The van der Waals surface area contributed by atoms with E-state index < -0.39 is 0 Å². The lowest BCUT2D eigenvalue weighted by molar-refractivity contribution is 0.339. The lowest BCUT2D eigenvalue weighted by atomic mass is 9.82. The molecule has 1 aliphatic rings. The third-order valence-electron chi connectivity index (χ3n) is 4.46. The van der Waals surface area contributed by atoms with Gasteiger partial charge in [0.2, 0.25) is 0 Å². The minimum absolute atomic E-state index is 0.537. The van der Waals surface area contributed by atoms with E-state index in [-0.39, 0.29) is 0 Å². The normalized spacial score (nSPS) is 21.0. The van der Waals surface area contributed by atoms with Crippen LogP contribution < -0.4 is 0 Å². The van der Waals surface area contributed by atoms with Gasteiger partial charge in [-0.15, -0.1) is 0 Å². The van der Waals surface area contributed by atoms with Gasteiger partial charge in [0.25, 0.3) is 0 Å². The van der Waals surface area contributed by atoms with Crippen LogP contribution in [0.1, 0.15) is 61.0 Å². The molecule has 0 bridgehead atoms. The highest BCUT2D eigenvalue weighted by Crippen LogP contribution is 2.33. The molecule has 0 saturated heterocycles. The molecule has 1 aromatic heterocycles. The maximum absolute atomic E-state index is 4.54. The van der Waals surface area contributed by atoms with Crippen molar-refractivity contribution in [2.75, 3.05) is 0 Å². The molecule has 0 N–H and O–H groups in total. The average molecular weight is 290 g/mol. The van der Waals surface area contributed by atoms with Gasteiger partial charge in [0.1, 0.15) is 5.82 Å². The van der Waals surface area contributed by atoms with Gasteiger partial charge in [-0.25, -0.2) is 9.97 Å². The summed E-state index contributed by atoms with van der Waals surface area (Å²) in [6.45, 7) is 4.41. The molecule has 1 aromatic carbocycles. The van der Waals surface area contributed by atoms with Crippen LogP contribution in [0.4, 0.5) is 0 Å². The molecule has 1 saturated carbocycles. The Hall–Kier alpha value is -2.14. The quantitative estimate of drug-likeness (QED) is 0.724. The van der Waals surface area contributed by atoms with E-state index in [4.69, 9.17) is 0 Å². The molecule has 0 amide bonds. The molecule has 3 rings (SSSR count). The molecular weight excluding hydrogens is 268 g/mol. The number of rotatable bonds is 1. The highest BCUT2D eigenvalue weighted by atomic mass is 14.9. The summed E-state index contributed by atoms with van der Waals surface area (Å²) in [5.74, 6) is 8.69. The summed E-state index contributed by atoms with van der Waals surface area (Å²) in [6, 6.07) is 8.24. The van der Waals surface area contributed by atoms with Gasteiger partial charge < -0.3 is 0 Å². The molecule has 0 spiro atoms. The predicted molar refractivity (Wildman–Crippen MR) is 89.6 cm³/mol. The van der Waals surface area contributed by atoms with Crippen LogP contribution in [-0.2, 0) is 0 Å². The van der Waals surface area contributed by atoms with E-state index in [9.17, 15) is 0 Å². The first kappa shape index (κ1) is 14.8. The fourth-order valence-electron chi connectivity index (χ4n) is 2.91. The molecule has 1 fully saturated rings. The van der Waals surface area contributed by atoms with Crippen molar-refractivity contribution in [1.82, 2.24) is 9.97 Å². The maximum Gasteiger partial charge on any atom is 0.131 e. The molecule has 112 valence electrons. The average Bonchev–Trinajstić information content (AvgIpc) is 2.56. The van der Waals surface area contributed by atoms with Gasteiger partial charge in [-0.3, -0.25) is 0 Å². The van der Waals surface area contributed by atoms with Gasteiger partial charge in [0.15, 0.2) is 0 Å². The number of hydrogen-bond donors (Lipinski definition) is 0. The van der Waals surface area contributed by atoms with Crippen molar-refractivity contribution in [3.8, 4) is 11.8 Å². The van der Waals surface area contributed by atoms with Crippen LogP contribution in [0.5, 0.6) is 0 Å². The predicted octanol–water partition coefficient (Wildman–Crippen LogP) is 4.48. The van der Waals surface area contributed by atoms with E-state index in [0.717, 1.165) is 22.9 Å². The standard InChI is InChI=1S/C20H22N2/c1-15-3-7-17(8-4-15)9-10-18-13-21-20(22-14-18)19-11-5-16(2)6-12-19/h3-4,7-8,13-14,16,19H,5-6,11-12H2,1-2H3. The second kappa shape index (κ2) is 6.75. The van der Waals surface area contributed by atoms with Gasteiger partial charge in [-0.2, -0.15) is 0 Å². The first-order valence-electron chi connectivity index (χ1n) is 8.11. The van der Waals surface area contributed by atoms with Gasteiger partial charge in [-0.1, -0.05) is 49.3 Å². The Morgan fingerprint density at radius 1 is 0.864 bits per heavy atom. The molecule has 22 heavy (non-hydrogen) atoms. The summed E-state index contributed by atoms with van der Waals surface area (Å²) in [7, 11) is 0. The molecule has 1 heterocycles. The zero-order chi connectivity index (χ0) is 15.4. The summed E-state index contributed by atoms with van der Waals surface area (Å²) in [5.41, 5.74) is 3.16. The number of benzene rings is 1. The zero-order valence-electron chi connectivity index (χ0n) is 13.3. The molecule has 0 atom stereocenters. The Kier molecular flexibility index (Phi) is 4.53. The van der Waals surface area contributed by atoms with Crippen LogP contribution in [0.3, 0.4) is 0 Å². The number of hydrogen-bond acceptors (Lipinski definition) is 2. The summed E-state index contributed by atoms with van der Waals surface area (Å²) >= 11 is 0. The van der Waals surface area contributed by atoms with Crippen molar-refractivity contribution in [2.24, 2.45) is 5.92 Å². The summed E-state index contributed by atoms with van der Waals surface area (Å²) < 4.78 is 0. The first-order chi connectivity index (χ1) is 10.7. The van der Waals surface area contributed by atoms with Crippen LogP contribution in [-0.4, -0.2) is 9.97 Å². The van der Waals surface area contributed by atoms with Crippen LogP contribution in [0.15, 0.2) is 36.7 Å². The van der Waals surface area contributed by atoms with Crippen LogP contribution in [0.25, 0.3) is 0 Å². The fraction of sp³-hybridized carbons (Fsp3) is 0.400. The smallest absolute Gasteiger partial charge is 0.131 e. The molecule has 1 aliphatic carbocycles. The zero-order valence-corrected chi connectivity index (χ0v) is 13.3. The van der Waals surface area contributed by atoms with Gasteiger partial charge in [0.05, 0.1) is 5.56 Å². The first-order valence-corrected chi connectivity index (χ1v) is 8.11. The van der Waals surface area contributed by atoms with Crippen LogP contribution >= 0.6 is 0 Å². The van der Waals surface area contributed by atoms with Crippen molar-refractivity contribution in [3.63, 3.8) is 0 Å². The molecular formula is C20H22N2. The lowest BCUT2D eigenvalue weighted by Crippen LogP contribution is -2.13. The highest BCUT2D eigenvalue weighted by molar-refractivity contribution is 5.41. The van der Waals surface area contributed by atoms with Gasteiger partial charge in [-0.05, 0) is 37.8 Å². The van der Waals surface area contributed by atoms with E-state index in [2.05, 4.69) is 47.8 Å². The molecule has 2 heteroatoms. The Bertz CT molecular complexity index is 666. The van der Waals surface area contributed by atoms with Crippen molar-refractivity contribution in [3.05, 3.63) is 59.2 Å². The molecule has 0 unspecified atom stereocenters. The van der Waals surface area contributed by atoms with Crippen molar-refractivity contribution >= 4 is 0 Å². The van der Waals surface area contributed by atoms with E-state index >= 15 is 0 Å². The van der Waals surface area contributed by atoms with Crippen LogP contribution in [0, 0.1) is 24.7 Å². The Morgan fingerprint density at radius 2 is 1.45 bits per heavy atom. The van der Waals surface area contributed by atoms with Gasteiger partial charge in [0, 0.05) is 23.9 Å². The molecule has 0 aliphatic heterocycles. The second-order valence-corrected chi connectivity index (χ2v) is 6.40. The second-order valence-electron chi connectivity index (χ2n) is 6.40. The SMILES string of the molecule is Cc1ccc(C#Cc2cnc(C3CCC(C)CC3)nc2)cc1. The van der Waals surface area contributed by atoms with Crippen molar-refractivity contribution in [2.45, 2.75) is 45.4 Å². The van der Waals surface area contributed by atoms with Gasteiger partial charge >= 0.3 is 0 Å². The summed E-state index contributed by atoms with van der Waals surface area (Å²) in [6.07, 6.45) is 8.75. The Morgan fingerprint density at radius 3 is 2.09 bits per heavy atom. The lowest BCUT2D eigenvalue weighted by Gasteiger charge is -2.24. The third-order valence-corrected chi connectivity index (χ3v) is 4.46. The Balaban J connectivity index is 1.68. The van der Waals surface area contributed by atoms with E-state index in [1.807, 2.05) is 24.5 Å². The number of nitrogens with zero attached hydrogens (tertiary/aromatic N) is 2. The number of aromatic nitrogens is 2. The van der Waals surface area contributed by atoms with Crippen molar-refractivity contribution in [1.29, 1.82) is 0 Å². The summed E-state index contributed by atoms with van der Waals surface area (Å²) in [5, 5.41) is 0. The molecule has 2 aromatic rings. The fourth-order valence-corrected chi connectivity index (χ4v) is 2.91.